The van der Waals surface area contributed by atoms with Crippen molar-refractivity contribution in [2.24, 2.45) is 12.5 Å². The van der Waals surface area contributed by atoms with Crippen molar-refractivity contribution in [1.82, 2.24) is 9.38 Å². The molecule has 166 valence electrons. The van der Waals surface area contributed by atoms with E-state index in [4.69, 9.17) is 4.98 Å². The molecule has 3 aromatic carbocycles. The molecule has 33 heavy (non-hydrogen) atoms. The van der Waals surface area contributed by atoms with Crippen LogP contribution in [0.4, 0.5) is 0 Å². The zero-order valence-corrected chi connectivity index (χ0v) is 20.7. The second kappa shape index (κ2) is 6.66. The lowest BCUT2D eigenvalue weighted by atomic mass is 9.87. The minimum absolute atomic E-state index is 0.213. The quantitative estimate of drug-likeness (QED) is 0.160. The molecule has 0 unspecified atom stereocenters. The van der Waals surface area contributed by atoms with Gasteiger partial charge in [0, 0.05) is 16.2 Å². The van der Waals surface area contributed by atoms with Gasteiger partial charge in [-0.1, -0.05) is 58.9 Å². The second-order valence-electron chi connectivity index (χ2n) is 11.3. The average molecular weight is 435 g/mol. The molecule has 0 fully saturated rings. The van der Waals surface area contributed by atoms with E-state index in [0.29, 0.717) is 5.92 Å². The fourth-order valence-electron chi connectivity index (χ4n) is 5.90. The first-order chi connectivity index (χ1) is 15.7. The zero-order chi connectivity index (χ0) is 23.2. The molecular formula is C30H32N3+. The summed E-state index contributed by atoms with van der Waals surface area (Å²) >= 11 is 0. The molecule has 0 aliphatic heterocycles. The number of fused-ring (bicyclic) bond motifs is 5. The Morgan fingerprint density at radius 1 is 0.970 bits per heavy atom. The van der Waals surface area contributed by atoms with Crippen LogP contribution in [0.2, 0.25) is 0 Å². The molecule has 0 atom stereocenters. The van der Waals surface area contributed by atoms with Gasteiger partial charge in [-0.2, -0.15) is 0 Å². The number of aromatic nitrogens is 3. The van der Waals surface area contributed by atoms with Crippen LogP contribution in [0.5, 0.6) is 0 Å². The summed E-state index contributed by atoms with van der Waals surface area (Å²) in [5, 5.41) is 5.34. The fraction of sp³-hybridized carbons (Fsp3) is 0.333. The Bertz CT molecular complexity index is 1710. The van der Waals surface area contributed by atoms with E-state index in [1.165, 1.54) is 60.3 Å². The fourth-order valence-corrected chi connectivity index (χ4v) is 5.90. The lowest BCUT2D eigenvalue weighted by molar-refractivity contribution is -0.646. The van der Waals surface area contributed by atoms with Gasteiger partial charge in [0.15, 0.2) is 5.52 Å². The largest absolute Gasteiger partial charge is 0.308 e. The number of nitrogens with zero attached hydrogens (tertiary/aromatic N) is 3. The predicted octanol–water partition coefficient (Wildman–Crippen LogP) is 7.23. The van der Waals surface area contributed by atoms with Crippen molar-refractivity contribution in [1.29, 1.82) is 0 Å². The van der Waals surface area contributed by atoms with Crippen LogP contribution in [0.25, 0.3) is 49.1 Å². The molecule has 0 bridgehead atoms. The number of hydrogen-bond donors (Lipinski definition) is 0. The first-order valence-electron chi connectivity index (χ1n) is 12.0. The van der Waals surface area contributed by atoms with E-state index in [1.807, 2.05) is 6.33 Å². The van der Waals surface area contributed by atoms with Crippen LogP contribution in [-0.2, 0) is 13.5 Å². The van der Waals surface area contributed by atoms with Gasteiger partial charge in [-0.15, -0.1) is 0 Å². The van der Waals surface area contributed by atoms with Crippen molar-refractivity contribution < 1.29 is 4.57 Å². The predicted molar refractivity (Wildman–Crippen MR) is 140 cm³/mol. The highest BCUT2D eigenvalue weighted by Gasteiger charge is 2.26. The molecule has 3 heterocycles. The molecule has 6 rings (SSSR count). The lowest BCUT2D eigenvalue weighted by Gasteiger charge is -2.19. The molecule has 0 amide bonds. The number of aryl methyl sites for hydroxylation is 2. The van der Waals surface area contributed by atoms with Gasteiger partial charge in [0.2, 0.25) is 0 Å². The third kappa shape index (κ3) is 2.81. The molecule has 0 spiro atoms. The Kier molecular flexibility index (Phi) is 4.12. The van der Waals surface area contributed by atoms with Gasteiger partial charge >= 0.3 is 0 Å². The van der Waals surface area contributed by atoms with Crippen molar-refractivity contribution in [2.45, 2.75) is 53.9 Å². The van der Waals surface area contributed by atoms with Crippen LogP contribution in [0, 0.1) is 12.3 Å². The van der Waals surface area contributed by atoms with E-state index < -0.39 is 0 Å². The summed E-state index contributed by atoms with van der Waals surface area (Å²) in [6.45, 7) is 13.8. The van der Waals surface area contributed by atoms with E-state index in [9.17, 15) is 0 Å². The molecular weight excluding hydrogens is 402 g/mol. The van der Waals surface area contributed by atoms with Gasteiger partial charge < -0.3 is 4.40 Å². The average Bonchev–Trinajstić information content (AvgIpc) is 3.08. The van der Waals surface area contributed by atoms with Crippen LogP contribution in [0.1, 0.15) is 57.2 Å². The van der Waals surface area contributed by atoms with Crippen molar-refractivity contribution in [3.8, 4) is 0 Å². The molecule has 0 N–H and O–H groups in total. The highest BCUT2D eigenvalue weighted by atomic mass is 15.0. The van der Waals surface area contributed by atoms with E-state index in [1.54, 1.807) is 0 Å². The first kappa shape index (κ1) is 20.4. The topological polar surface area (TPSA) is 21.2 Å². The number of pyridine rings is 1. The van der Waals surface area contributed by atoms with Crippen LogP contribution in [-0.4, -0.2) is 9.38 Å². The summed E-state index contributed by atoms with van der Waals surface area (Å²) < 4.78 is 4.74. The number of hydrogen-bond acceptors (Lipinski definition) is 1. The minimum Gasteiger partial charge on any atom is -0.308 e. The Morgan fingerprint density at radius 2 is 1.76 bits per heavy atom. The van der Waals surface area contributed by atoms with Crippen molar-refractivity contribution in [3.05, 3.63) is 65.5 Å². The molecule has 3 nitrogen and oxygen atoms in total. The van der Waals surface area contributed by atoms with Crippen LogP contribution < -0.4 is 4.57 Å². The molecule has 0 saturated carbocycles. The third-order valence-corrected chi connectivity index (χ3v) is 7.15. The third-order valence-electron chi connectivity index (χ3n) is 7.15. The van der Waals surface area contributed by atoms with Crippen LogP contribution >= 0.6 is 0 Å². The summed E-state index contributed by atoms with van der Waals surface area (Å²) in [6.07, 6.45) is 3.01. The zero-order valence-electron chi connectivity index (χ0n) is 20.7. The molecule has 0 radical (unpaired) electrons. The smallest absolute Gasteiger partial charge is 0.287 e. The summed E-state index contributed by atoms with van der Waals surface area (Å²) in [5.74, 6) is 0.464. The monoisotopic (exact) mass is 434 g/mol. The standard InChI is InChI=1S/C30H32N3/c1-17(2)20-9-8-10-23-26(20)21-12-11-18(3)25-28(21)33(23)24-14-19(15-30(4,5)6)13-22-27(24)29(25)32(7)16-31-22/h8-14,16-17H,15H2,1-7H3/q+1. The van der Waals surface area contributed by atoms with Crippen molar-refractivity contribution in [3.63, 3.8) is 0 Å². The Hall–Kier alpha value is -3.20. The van der Waals surface area contributed by atoms with Crippen LogP contribution in [0.15, 0.2) is 48.8 Å². The minimum atomic E-state index is 0.213. The molecule has 0 aliphatic rings. The number of benzene rings is 3. The SMILES string of the molecule is Cc1ccc2c3c(C(C)C)cccc3n3c4cc(CC(C)(C)C)cc5nc[n+](C)c(c1c23)c54. The number of rotatable bonds is 2. The van der Waals surface area contributed by atoms with E-state index in [-0.39, 0.29) is 5.41 Å². The molecule has 0 saturated heterocycles. The van der Waals surface area contributed by atoms with Crippen molar-refractivity contribution in [2.75, 3.05) is 0 Å². The van der Waals surface area contributed by atoms with Gasteiger partial charge in [0.1, 0.15) is 5.52 Å². The van der Waals surface area contributed by atoms with E-state index >= 15 is 0 Å². The Labute approximate surface area is 195 Å². The van der Waals surface area contributed by atoms with Crippen molar-refractivity contribution >= 4 is 49.1 Å². The molecule has 3 heteroatoms. The molecule has 6 aromatic rings. The highest BCUT2D eigenvalue weighted by Crippen LogP contribution is 2.42. The Balaban J connectivity index is 1.97. The maximum absolute atomic E-state index is 4.90. The summed E-state index contributed by atoms with van der Waals surface area (Å²) in [6, 6.07) is 16.2. The summed E-state index contributed by atoms with van der Waals surface area (Å²) in [7, 11) is 2.13. The first-order valence-corrected chi connectivity index (χ1v) is 12.0. The molecule has 3 aromatic heterocycles. The maximum atomic E-state index is 4.90. The normalized spacial score (nSPS) is 13.1. The Morgan fingerprint density at radius 3 is 2.48 bits per heavy atom. The van der Waals surface area contributed by atoms with Gasteiger partial charge in [-0.05, 0) is 64.6 Å². The van der Waals surface area contributed by atoms with Gasteiger partial charge in [0.25, 0.3) is 6.33 Å². The van der Waals surface area contributed by atoms with Gasteiger partial charge in [-0.3, -0.25) is 0 Å². The van der Waals surface area contributed by atoms with E-state index in [0.717, 1.165) is 11.9 Å². The van der Waals surface area contributed by atoms with Crippen LogP contribution in [0.3, 0.4) is 0 Å². The van der Waals surface area contributed by atoms with Gasteiger partial charge in [-0.25, -0.2) is 4.57 Å². The maximum Gasteiger partial charge on any atom is 0.287 e. The lowest BCUT2D eigenvalue weighted by Crippen LogP contribution is -2.30. The highest BCUT2D eigenvalue weighted by molar-refractivity contribution is 6.25. The van der Waals surface area contributed by atoms with E-state index in [2.05, 4.69) is 100 Å². The summed E-state index contributed by atoms with van der Waals surface area (Å²) in [5.41, 5.74) is 10.6. The summed E-state index contributed by atoms with van der Waals surface area (Å²) in [4.78, 5) is 4.90. The molecule has 0 aliphatic carbocycles. The van der Waals surface area contributed by atoms with Gasteiger partial charge in [0.05, 0.1) is 29.0 Å². The second-order valence-corrected chi connectivity index (χ2v) is 11.3.